The van der Waals surface area contributed by atoms with Crippen LogP contribution in [0, 0.1) is 12.3 Å². The van der Waals surface area contributed by atoms with Crippen LogP contribution < -0.4 is 4.74 Å². The number of methoxy groups -OCH3 is 1. The van der Waals surface area contributed by atoms with Gasteiger partial charge in [0.15, 0.2) is 6.10 Å². The average Bonchev–Trinajstić information content (AvgIpc) is 2.72. The number of benzene rings is 2. The van der Waals surface area contributed by atoms with Crippen LogP contribution in [0.15, 0.2) is 54.6 Å². The van der Waals surface area contributed by atoms with Crippen molar-refractivity contribution in [3.63, 3.8) is 0 Å². The van der Waals surface area contributed by atoms with E-state index in [-0.39, 0.29) is 13.2 Å². The minimum Gasteiger partial charge on any atom is -0.489 e. The van der Waals surface area contributed by atoms with Gasteiger partial charge in [-0.25, -0.2) is 4.79 Å². The maximum Gasteiger partial charge on any atom is 0.432 e. The van der Waals surface area contributed by atoms with Gasteiger partial charge in [-0.2, -0.15) is 13.2 Å². The first-order valence-corrected chi connectivity index (χ1v) is 8.45. The van der Waals surface area contributed by atoms with Crippen molar-refractivity contribution in [1.29, 1.82) is 0 Å². The van der Waals surface area contributed by atoms with E-state index in [9.17, 15) is 18.0 Å². The lowest BCUT2D eigenvalue weighted by Crippen LogP contribution is -2.52. The Balaban J connectivity index is 2.19. The number of hydrogen-bond acceptors (Lipinski definition) is 5. The number of esters is 1. The summed E-state index contributed by atoms with van der Waals surface area (Å²) in [6.45, 7) is -0.520. The molecule has 0 heterocycles. The molecule has 0 aliphatic carbocycles. The Kier molecular flexibility index (Phi) is 7.26. The molecule has 29 heavy (non-hydrogen) atoms. The summed E-state index contributed by atoms with van der Waals surface area (Å²) in [4.78, 5) is 12.6. The maximum absolute atomic E-state index is 13.9. The Bertz CT molecular complexity index is 843. The number of ether oxygens (including phenoxy) is 3. The Morgan fingerprint density at radius 3 is 2.24 bits per heavy atom. The lowest BCUT2D eigenvalue weighted by Gasteiger charge is -2.33. The SMILES string of the molecule is C#C[C@H](COc1ccc(CO)cc1)OC(=O)[C@@](OC)(c1ccccc1)C(F)(F)F. The minimum absolute atomic E-state index is 0.152. The number of aliphatic hydroxyl groups is 1. The molecule has 0 saturated carbocycles. The van der Waals surface area contributed by atoms with Crippen LogP contribution in [0.2, 0.25) is 0 Å². The predicted molar refractivity (Wildman–Crippen MR) is 97.8 cm³/mol. The zero-order valence-electron chi connectivity index (χ0n) is 15.5. The van der Waals surface area contributed by atoms with E-state index in [1.165, 1.54) is 18.2 Å². The van der Waals surface area contributed by atoms with Crippen LogP contribution in [0.3, 0.4) is 0 Å². The van der Waals surface area contributed by atoms with Gasteiger partial charge in [-0.3, -0.25) is 0 Å². The standard InChI is InChI=1S/C21H19F3O5/c1-3-17(14-28-18-11-9-15(13-25)10-12-18)29-19(26)20(27-2,21(22,23)24)16-7-5-4-6-8-16/h1,4-12,17,25H,13-14H2,2H3/t17-,20+/m1/s1. The van der Waals surface area contributed by atoms with Gasteiger partial charge in [0.2, 0.25) is 0 Å². The highest BCUT2D eigenvalue weighted by Crippen LogP contribution is 2.43. The molecule has 0 aromatic heterocycles. The molecule has 0 unspecified atom stereocenters. The molecule has 0 fully saturated rings. The van der Waals surface area contributed by atoms with E-state index in [1.54, 1.807) is 24.3 Å². The molecule has 2 rings (SSSR count). The summed E-state index contributed by atoms with van der Waals surface area (Å²) in [5.74, 6) is 0.743. The van der Waals surface area contributed by atoms with E-state index < -0.39 is 29.4 Å². The molecule has 1 N–H and O–H groups in total. The van der Waals surface area contributed by atoms with Crippen molar-refractivity contribution in [2.75, 3.05) is 13.7 Å². The number of halogens is 3. The number of terminal acetylenes is 1. The first-order chi connectivity index (χ1) is 13.8. The highest BCUT2D eigenvalue weighted by Gasteiger charge is 2.64. The maximum atomic E-state index is 13.9. The predicted octanol–water partition coefficient (Wildman–Crippen LogP) is 3.21. The van der Waals surface area contributed by atoms with E-state index in [1.807, 2.05) is 0 Å². The molecule has 0 bridgehead atoms. The molecule has 0 spiro atoms. The molecule has 0 amide bonds. The topological polar surface area (TPSA) is 65.0 Å². The zero-order valence-corrected chi connectivity index (χ0v) is 15.5. The van der Waals surface area contributed by atoms with Gasteiger partial charge in [-0.1, -0.05) is 48.4 Å². The fraction of sp³-hybridized carbons (Fsp3) is 0.286. The summed E-state index contributed by atoms with van der Waals surface area (Å²) in [7, 11) is 0.770. The van der Waals surface area contributed by atoms with Crippen molar-refractivity contribution in [2.45, 2.75) is 24.5 Å². The Morgan fingerprint density at radius 1 is 1.14 bits per heavy atom. The average molecular weight is 408 g/mol. The summed E-state index contributed by atoms with van der Waals surface area (Å²) < 4.78 is 56.5. The third-order valence-electron chi connectivity index (χ3n) is 4.12. The largest absolute Gasteiger partial charge is 0.489 e. The molecule has 5 nitrogen and oxygen atoms in total. The van der Waals surface area contributed by atoms with Crippen LogP contribution >= 0.6 is 0 Å². The van der Waals surface area contributed by atoms with Gasteiger partial charge < -0.3 is 19.3 Å². The van der Waals surface area contributed by atoms with Crippen molar-refractivity contribution in [1.82, 2.24) is 0 Å². The van der Waals surface area contributed by atoms with Crippen molar-refractivity contribution >= 4 is 5.97 Å². The van der Waals surface area contributed by atoms with E-state index in [4.69, 9.17) is 21.0 Å². The van der Waals surface area contributed by atoms with E-state index in [0.29, 0.717) is 11.3 Å². The monoisotopic (exact) mass is 408 g/mol. The highest BCUT2D eigenvalue weighted by atomic mass is 19.4. The van der Waals surface area contributed by atoms with Crippen molar-refractivity contribution < 1.29 is 37.3 Å². The number of alkyl halides is 3. The normalized spacial score (nSPS) is 14.3. The second kappa shape index (κ2) is 9.45. The fourth-order valence-corrected chi connectivity index (χ4v) is 2.58. The molecule has 0 aliphatic rings. The van der Waals surface area contributed by atoms with E-state index >= 15 is 0 Å². The minimum atomic E-state index is -5.10. The van der Waals surface area contributed by atoms with Gasteiger partial charge in [-0.05, 0) is 17.7 Å². The van der Waals surface area contributed by atoms with Crippen LogP contribution in [0.1, 0.15) is 11.1 Å². The number of carbonyl (C=O) groups excluding carboxylic acids is 1. The van der Waals surface area contributed by atoms with Gasteiger partial charge in [0, 0.05) is 12.7 Å². The first kappa shape index (κ1) is 22.3. The molecule has 0 radical (unpaired) electrons. The van der Waals surface area contributed by atoms with Crippen LogP contribution in [0.4, 0.5) is 13.2 Å². The molecular weight excluding hydrogens is 389 g/mol. The quantitative estimate of drug-likeness (QED) is 0.537. The number of hydrogen-bond donors (Lipinski definition) is 1. The lowest BCUT2D eigenvalue weighted by molar-refractivity contribution is -0.277. The van der Waals surface area contributed by atoms with Gasteiger partial charge in [0.25, 0.3) is 5.60 Å². The van der Waals surface area contributed by atoms with Gasteiger partial charge in [0.05, 0.1) is 6.61 Å². The number of carbonyl (C=O) groups is 1. The third kappa shape index (κ3) is 4.88. The third-order valence-corrected chi connectivity index (χ3v) is 4.12. The van der Waals surface area contributed by atoms with Gasteiger partial charge in [-0.15, -0.1) is 6.42 Å². The highest BCUT2D eigenvalue weighted by molar-refractivity contribution is 5.83. The number of aliphatic hydroxyl groups excluding tert-OH is 1. The van der Waals surface area contributed by atoms with E-state index in [0.717, 1.165) is 19.2 Å². The molecule has 8 heteroatoms. The summed E-state index contributed by atoms with van der Waals surface area (Å²) in [6.07, 6.45) is -1.18. The van der Waals surface area contributed by atoms with Crippen LogP contribution in [-0.4, -0.2) is 37.1 Å². The summed E-state index contributed by atoms with van der Waals surface area (Å²) in [5.41, 5.74) is -3.11. The van der Waals surface area contributed by atoms with Crippen molar-refractivity contribution in [2.24, 2.45) is 0 Å². The van der Waals surface area contributed by atoms with Crippen molar-refractivity contribution in [3.8, 4) is 18.1 Å². The summed E-state index contributed by atoms with van der Waals surface area (Å²) >= 11 is 0. The van der Waals surface area contributed by atoms with Crippen LogP contribution in [0.25, 0.3) is 0 Å². The smallest absolute Gasteiger partial charge is 0.432 e. The Labute approximate surface area is 166 Å². The van der Waals surface area contributed by atoms with Gasteiger partial charge in [0.1, 0.15) is 12.4 Å². The lowest BCUT2D eigenvalue weighted by atomic mass is 9.92. The van der Waals surface area contributed by atoms with Crippen LogP contribution in [0.5, 0.6) is 5.75 Å². The molecule has 2 atom stereocenters. The molecule has 2 aromatic carbocycles. The first-order valence-electron chi connectivity index (χ1n) is 8.45. The number of rotatable bonds is 8. The molecular formula is C21H19F3O5. The Hall–Kier alpha value is -3.02. The second-order valence-electron chi connectivity index (χ2n) is 5.92. The Morgan fingerprint density at radius 2 is 1.76 bits per heavy atom. The van der Waals surface area contributed by atoms with E-state index in [2.05, 4.69) is 10.7 Å². The molecule has 2 aromatic rings. The molecule has 0 saturated heterocycles. The summed E-state index contributed by atoms with van der Waals surface area (Å²) in [5, 5.41) is 9.01. The zero-order chi connectivity index (χ0) is 21.5. The second-order valence-corrected chi connectivity index (χ2v) is 5.92. The summed E-state index contributed by atoms with van der Waals surface area (Å²) in [6, 6.07) is 12.7. The molecule has 154 valence electrons. The van der Waals surface area contributed by atoms with Gasteiger partial charge >= 0.3 is 12.1 Å². The molecule has 0 aliphatic heterocycles. The van der Waals surface area contributed by atoms with Crippen molar-refractivity contribution in [3.05, 3.63) is 65.7 Å². The fourth-order valence-electron chi connectivity index (χ4n) is 2.58. The van der Waals surface area contributed by atoms with Crippen LogP contribution in [-0.2, 0) is 26.5 Å².